The molecule has 28 heavy (non-hydrogen) atoms. The third-order valence-corrected chi connectivity index (χ3v) is 4.31. The molecule has 2 N–H and O–H groups in total. The number of fused-ring (bicyclic) bond motifs is 1. The van der Waals surface area contributed by atoms with Gasteiger partial charge in [0.2, 0.25) is 11.3 Å². The minimum atomic E-state index is -0.517. The van der Waals surface area contributed by atoms with Gasteiger partial charge in [0.1, 0.15) is 11.3 Å². The van der Waals surface area contributed by atoms with Crippen LogP contribution in [0, 0.1) is 0 Å². The first-order chi connectivity index (χ1) is 13.4. The number of rotatable bonds is 5. The summed E-state index contributed by atoms with van der Waals surface area (Å²) in [6.07, 6.45) is 1.56. The molecule has 0 fully saturated rings. The fourth-order valence-corrected chi connectivity index (χ4v) is 3.00. The standard InChI is InChI=1S/C21H21N3O4/c1-4-24-12-18(20(26)17-11-16(28-3)8-9-19(17)24)21(27)23-15-7-5-6-14(10-15)22-13(2)25/h5-12H,4H2,1-3H3,(H,22,25)(H,23,27). The lowest BCUT2D eigenvalue weighted by atomic mass is 10.1. The molecule has 3 rings (SSSR count). The normalized spacial score (nSPS) is 10.5. The van der Waals surface area contributed by atoms with Gasteiger partial charge in [-0.25, -0.2) is 0 Å². The highest BCUT2D eigenvalue weighted by Crippen LogP contribution is 2.20. The molecule has 0 bridgehead atoms. The largest absolute Gasteiger partial charge is 0.497 e. The van der Waals surface area contributed by atoms with Gasteiger partial charge in [0.05, 0.1) is 18.0 Å². The van der Waals surface area contributed by atoms with Crippen molar-refractivity contribution >= 4 is 34.1 Å². The summed E-state index contributed by atoms with van der Waals surface area (Å²) in [5, 5.41) is 5.79. The smallest absolute Gasteiger partial charge is 0.261 e. The molecule has 0 unspecified atom stereocenters. The van der Waals surface area contributed by atoms with Crippen LogP contribution >= 0.6 is 0 Å². The fraction of sp³-hybridized carbons (Fsp3) is 0.190. The Morgan fingerprint density at radius 2 is 1.79 bits per heavy atom. The van der Waals surface area contributed by atoms with Crippen LogP contribution in [0.4, 0.5) is 11.4 Å². The van der Waals surface area contributed by atoms with Crippen molar-refractivity contribution in [3.63, 3.8) is 0 Å². The van der Waals surface area contributed by atoms with Gasteiger partial charge >= 0.3 is 0 Å². The lowest BCUT2D eigenvalue weighted by Gasteiger charge is -2.13. The molecule has 0 radical (unpaired) electrons. The van der Waals surface area contributed by atoms with Crippen molar-refractivity contribution in [1.29, 1.82) is 0 Å². The van der Waals surface area contributed by atoms with Gasteiger partial charge in [-0.1, -0.05) is 6.07 Å². The number of ether oxygens (including phenoxy) is 1. The third kappa shape index (κ3) is 3.88. The third-order valence-electron chi connectivity index (χ3n) is 4.31. The van der Waals surface area contributed by atoms with Crippen LogP contribution in [-0.4, -0.2) is 23.5 Å². The Kier molecular flexibility index (Phi) is 5.44. The molecule has 3 aromatic rings. The van der Waals surface area contributed by atoms with Gasteiger partial charge < -0.3 is 19.9 Å². The molecule has 144 valence electrons. The van der Waals surface area contributed by atoms with Gasteiger partial charge in [0.15, 0.2) is 0 Å². The summed E-state index contributed by atoms with van der Waals surface area (Å²) in [5.74, 6) is -0.178. The molecule has 7 heteroatoms. The number of hydrogen-bond acceptors (Lipinski definition) is 4. The second-order valence-corrected chi connectivity index (χ2v) is 6.26. The highest BCUT2D eigenvalue weighted by Gasteiger charge is 2.16. The van der Waals surface area contributed by atoms with Gasteiger partial charge in [-0.2, -0.15) is 0 Å². The number of nitrogens with zero attached hydrogens (tertiary/aromatic N) is 1. The average Bonchev–Trinajstić information content (AvgIpc) is 2.67. The highest BCUT2D eigenvalue weighted by atomic mass is 16.5. The molecule has 0 saturated carbocycles. The minimum absolute atomic E-state index is 0.0348. The average molecular weight is 379 g/mol. The first-order valence-corrected chi connectivity index (χ1v) is 8.83. The molecule has 0 spiro atoms. The van der Waals surface area contributed by atoms with E-state index in [0.29, 0.717) is 29.1 Å². The van der Waals surface area contributed by atoms with E-state index in [1.54, 1.807) is 48.7 Å². The zero-order valence-electron chi connectivity index (χ0n) is 15.9. The van der Waals surface area contributed by atoms with Gasteiger partial charge in [0, 0.05) is 31.0 Å². The quantitative estimate of drug-likeness (QED) is 0.712. The summed E-state index contributed by atoms with van der Waals surface area (Å²) in [6.45, 7) is 3.94. The maximum atomic E-state index is 12.9. The number of aryl methyl sites for hydroxylation is 1. The van der Waals surface area contributed by atoms with E-state index < -0.39 is 5.91 Å². The second kappa shape index (κ2) is 7.96. The fourth-order valence-electron chi connectivity index (χ4n) is 3.00. The molecular formula is C21H21N3O4. The van der Waals surface area contributed by atoms with Crippen LogP contribution in [0.3, 0.4) is 0 Å². The van der Waals surface area contributed by atoms with Crippen molar-refractivity contribution < 1.29 is 14.3 Å². The number of benzene rings is 2. The molecule has 2 aromatic carbocycles. The number of aromatic nitrogens is 1. The van der Waals surface area contributed by atoms with E-state index in [2.05, 4.69) is 10.6 Å². The number of carbonyl (C=O) groups excluding carboxylic acids is 2. The van der Waals surface area contributed by atoms with E-state index in [-0.39, 0.29) is 16.9 Å². The van der Waals surface area contributed by atoms with Crippen LogP contribution in [-0.2, 0) is 11.3 Å². The monoisotopic (exact) mass is 379 g/mol. The van der Waals surface area contributed by atoms with E-state index >= 15 is 0 Å². The number of pyridine rings is 1. The summed E-state index contributed by atoms with van der Waals surface area (Å²) in [6, 6.07) is 11.9. The van der Waals surface area contributed by atoms with Gasteiger partial charge in [0.25, 0.3) is 5.91 Å². The van der Waals surface area contributed by atoms with E-state index in [4.69, 9.17) is 4.74 Å². The Morgan fingerprint density at radius 3 is 2.43 bits per heavy atom. The minimum Gasteiger partial charge on any atom is -0.497 e. The van der Waals surface area contributed by atoms with Gasteiger partial charge in [-0.3, -0.25) is 14.4 Å². The molecule has 0 atom stereocenters. The molecular weight excluding hydrogens is 358 g/mol. The van der Waals surface area contributed by atoms with Crippen molar-refractivity contribution in [2.24, 2.45) is 0 Å². The molecule has 0 saturated heterocycles. The SMILES string of the molecule is CCn1cc(C(=O)Nc2cccc(NC(C)=O)c2)c(=O)c2cc(OC)ccc21. The number of anilines is 2. The second-order valence-electron chi connectivity index (χ2n) is 6.26. The number of nitrogens with one attached hydrogen (secondary N) is 2. The Balaban J connectivity index is 2.01. The topological polar surface area (TPSA) is 89.4 Å². The maximum Gasteiger partial charge on any atom is 0.261 e. The lowest BCUT2D eigenvalue weighted by molar-refractivity contribution is -0.114. The van der Waals surface area contributed by atoms with Crippen LogP contribution in [0.1, 0.15) is 24.2 Å². The van der Waals surface area contributed by atoms with Gasteiger partial charge in [-0.15, -0.1) is 0 Å². The van der Waals surface area contributed by atoms with Crippen LogP contribution in [0.15, 0.2) is 53.5 Å². The zero-order valence-corrected chi connectivity index (χ0v) is 15.9. The Bertz CT molecular complexity index is 1120. The number of carbonyl (C=O) groups is 2. The Morgan fingerprint density at radius 1 is 1.07 bits per heavy atom. The van der Waals surface area contributed by atoms with Crippen LogP contribution in [0.2, 0.25) is 0 Å². The summed E-state index contributed by atoms with van der Waals surface area (Å²) in [4.78, 5) is 36.9. The van der Waals surface area contributed by atoms with Crippen molar-refractivity contribution in [3.8, 4) is 5.75 Å². The van der Waals surface area contributed by atoms with Crippen molar-refractivity contribution in [2.45, 2.75) is 20.4 Å². The number of methoxy groups -OCH3 is 1. The molecule has 2 amide bonds. The van der Waals surface area contributed by atoms with Crippen LogP contribution < -0.4 is 20.8 Å². The molecule has 0 aliphatic rings. The Hall–Kier alpha value is -3.61. The van der Waals surface area contributed by atoms with E-state index in [9.17, 15) is 14.4 Å². The first kappa shape index (κ1) is 19.2. The number of amides is 2. The van der Waals surface area contributed by atoms with Crippen molar-refractivity contribution in [2.75, 3.05) is 17.7 Å². The van der Waals surface area contributed by atoms with Crippen LogP contribution in [0.5, 0.6) is 5.75 Å². The van der Waals surface area contributed by atoms with E-state index in [0.717, 1.165) is 5.52 Å². The van der Waals surface area contributed by atoms with E-state index in [1.807, 2.05) is 11.5 Å². The summed E-state index contributed by atoms with van der Waals surface area (Å²) >= 11 is 0. The highest BCUT2D eigenvalue weighted by molar-refractivity contribution is 6.06. The van der Waals surface area contributed by atoms with Gasteiger partial charge in [-0.05, 0) is 43.3 Å². The lowest BCUT2D eigenvalue weighted by Crippen LogP contribution is -2.24. The molecule has 1 heterocycles. The summed E-state index contributed by atoms with van der Waals surface area (Å²) in [5.41, 5.74) is 1.43. The molecule has 0 aliphatic carbocycles. The number of hydrogen-bond donors (Lipinski definition) is 2. The Labute approximate surface area is 161 Å². The van der Waals surface area contributed by atoms with Crippen LogP contribution in [0.25, 0.3) is 10.9 Å². The summed E-state index contributed by atoms with van der Waals surface area (Å²) in [7, 11) is 1.53. The predicted octanol–water partition coefficient (Wildman–Crippen LogP) is 3.24. The molecule has 0 aliphatic heterocycles. The first-order valence-electron chi connectivity index (χ1n) is 8.83. The predicted molar refractivity (Wildman–Crippen MR) is 109 cm³/mol. The molecule has 7 nitrogen and oxygen atoms in total. The van der Waals surface area contributed by atoms with E-state index in [1.165, 1.54) is 14.0 Å². The molecule has 1 aromatic heterocycles. The van der Waals surface area contributed by atoms with Crippen molar-refractivity contribution in [1.82, 2.24) is 4.57 Å². The summed E-state index contributed by atoms with van der Waals surface area (Å²) < 4.78 is 7.05. The maximum absolute atomic E-state index is 12.9. The van der Waals surface area contributed by atoms with Crippen molar-refractivity contribution in [3.05, 3.63) is 64.4 Å². The zero-order chi connectivity index (χ0) is 20.3.